The van der Waals surface area contributed by atoms with E-state index in [9.17, 15) is 13.9 Å². The lowest BCUT2D eigenvalue weighted by atomic mass is 9.92. The van der Waals surface area contributed by atoms with Crippen LogP contribution in [0.1, 0.15) is 22.3 Å². The molecule has 8 heteroatoms. The average Bonchev–Trinajstić information content (AvgIpc) is 3.35. The van der Waals surface area contributed by atoms with E-state index in [1.54, 1.807) is 12.1 Å². The van der Waals surface area contributed by atoms with Crippen LogP contribution >= 0.6 is 11.6 Å². The Morgan fingerprint density at radius 2 is 1.66 bits per heavy atom. The van der Waals surface area contributed by atoms with Crippen molar-refractivity contribution in [1.29, 1.82) is 0 Å². The smallest absolute Gasteiger partial charge is 0.137 e. The molecule has 0 spiro atoms. The summed E-state index contributed by atoms with van der Waals surface area (Å²) in [4.78, 5) is 3.87. The molecule has 5 nitrogen and oxygen atoms in total. The fourth-order valence-electron chi connectivity index (χ4n) is 3.65. The van der Waals surface area contributed by atoms with Gasteiger partial charge in [-0.1, -0.05) is 41.6 Å². The number of nitrogens with one attached hydrogen (secondary N) is 1. The molecule has 1 atom stereocenters. The van der Waals surface area contributed by atoms with Crippen molar-refractivity contribution < 1.29 is 13.9 Å². The summed E-state index contributed by atoms with van der Waals surface area (Å²) in [6.07, 6.45) is 3.46. The van der Waals surface area contributed by atoms with Crippen LogP contribution in [0.25, 0.3) is 0 Å². The van der Waals surface area contributed by atoms with Gasteiger partial charge in [-0.2, -0.15) is 5.10 Å². The largest absolute Gasteiger partial charge is 0.382 e. The molecule has 1 unspecified atom stereocenters. The molecule has 0 aliphatic heterocycles. The van der Waals surface area contributed by atoms with Crippen molar-refractivity contribution in [2.45, 2.75) is 18.6 Å². The predicted octanol–water partition coefficient (Wildman–Crippen LogP) is 4.33. The van der Waals surface area contributed by atoms with E-state index in [0.29, 0.717) is 18.0 Å². The van der Waals surface area contributed by atoms with Crippen LogP contribution in [-0.4, -0.2) is 33.0 Å². The van der Waals surface area contributed by atoms with E-state index < -0.39 is 17.2 Å². The molecule has 2 N–H and O–H groups in total. The van der Waals surface area contributed by atoms with E-state index in [0.717, 1.165) is 28.8 Å². The van der Waals surface area contributed by atoms with Crippen molar-refractivity contribution in [3.8, 4) is 11.8 Å². The third kappa shape index (κ3) is 6.74. The molecule has 178 valence electrons. The SMILES string of the molecule is OC(CNCCc1ccc(C#Cc2ccc(Cl)cc2)cc1)(Cn1cncn1)c1ccc(F)cc1F. The van der Waals surface area contributed by atoms with Crippen molar-refractivity contribution >= 4 is 11.6 Å². The van der Waals surface area contributed by atoms with Gasteiger partial charge in [0.15, 0.2) is 0 Å². The molecule has 0 bridgehead atoms. The summed E-state index contributed by atoms with van der Waals surface area (Å²) >= 11 is 5.89. The molecule has 4 rings (SSSR count). The maximum atomic E-state index is 14.5. The quantitative estimate of drug-likeness (QED) is 0.284. The van der Waals surface area contributed by atoms with E-state index >= 15 is 0 Å². The maximum Gasteiger partial charge on any atom is 0.137 e. The van der Waals surface area contributed by atoms with Gasteiger partial charge in [-0.25, -0.2) is 18.4 Å². The van der Waals surface area contributed by atoms with Gasteiger partial charge in [-0.05, 0) is 61.0 Å². The minimum Gasteiger partial charge on any atom is -0.382 e. The Labute approximate surface area is 207 Å². The molecule has 0 saturated carbocycles. The van der Waals surface area contributed by atoms with Crippen molar-refractivity contribution in [2.24, 2.45) is 0 Å². The number of aliphatic hydroxyl groups is 1. The fourth-order valence-corrected chi connectivity index (χ4v) is 3.77. The number of halogens is 3. The second-order valence-electron chi connectivity index (χ2n) is 8.13. The van der Waals surface area contributed by atoms with Gasteiger partial charge in [0.25, 0.3) is 0 Å². The van der Waals surface area contributed by atoms with Gasteiger partial charge in [0, 0.05) is 34.3 Å². The van der Waals surface area contributed by atoms with Gasteiger partial charge < -0.3 is 10.4 Å². The maximum absolute atomic E-state index is 14.5. The van der Waals surface area contributed by atoms with Crippen LogP contribution in [0.2, 0.25) is 5.02 Å². The second kappa shape index (κ2) is 11.2. The first-order valence-corrected chi connectivity index (χ1v) is 11.4. The lowest BCUT2D eigenvalue weighted by molar-refractivity contribution is 0.0123. The Hall–Kier alpha value is -3.57. The van der Waals surface area contributed by atoms with Gasteiger partial charge in [0.05, 0.1) is 6.54 Å². The Balaban J connectivity index is 1.36. The van der Waals surface area contributed by atoms with E-state index in [2.05, 4.69) is 27.2 Å². The molecule has 35 heavy (non-hydrogen) atoms. The number of aromatic nitrogens is 3. The zero-order valence-electron chi connectivity index (χ0n) is 18.8. The van der Waals surface area contributed by atoms with Crippen molar-refractivity contribution in [1.82, 2.24) is 20.1 Å². The third-order valence-corrected chi connectivity index (χ3v) is 5.73. The third-order valence-electron chi connectivity index (χ3n) is 5.48. The number of benzene rings is 3. The van der Waals surface area contributed by atoms with Gasteiger partial charge >= 0.3 is 0 Å². The molecule has 0 fully saturated rings. The summed E-state index contributed by atoms with van der Waals surface area (Å²) in [6, 6.07) is 18.4. The number of hydrogen-bond donors (Lipinski definition) is 2. The molecule has 4 aromatic rings. The summed E-state index contributed by atoms with van der Waals surface area (Å²) in [7, 11) is 0. The van der Waals surface area contributed by atoms with Crippen molar-refractivity contribution in [2.75, 3.05) is 13.1 Å². The van der Waals surface area contributed by atoms with Crippen LogP contribution in [0.5, 0.6) is 0 Å². The summed E-state index contributed by atoms with van der Waals surface area (Å²) in [5, 5.41) is 19.1. The van der Waals surface area contributed by atoms with Crippen LogP contribution in [0, 0.1) is 23.5 Å². The van der Waals surface area contributed by atoms with Gasteiger partial charge in [0.2, 0.25) is 0 Å². The molecule has 0 aliphatic rings. The summed E-state index contributed by atoms with van der Waals surface area (Å²) in [5.74, 6) is 4.71. The molecule has 0 aliphatic carbocycles. The summed E-state index contributed by atoms with van der Waals surface area (Å²) in [5.41, 5.74) is 1.21. The van der Waals surface area contributed by atoms with Crippen molar-refractivity contribution in [3.05, 3.63) is 118 Å². The summed E-state index contributed by atoms with van der Waals surface area (Å²) in [6.45, 7) is 0.544. The standard InChI is InChI=1S/C27H23ClF2N4O/c28-23-9-7-21(8-10-23)2-1-20-3-5-22(6-4-20)13-14-31-16-27(35,17-34-19-32-18-33-34)25-12-11-24(29)15-26(25)30/h3-12,15,18-19,31,35H,13-14,16-17H2. The second-order valence-corrected chi connectivity index (χ2v) is 8.57. The van der Waals surface area contributed by atoms with E-state index in [1.807, 2.05) is 36.4 Å². The summed E-state index contributed by atoms with van der Waals surface area (Å²) < 4.78 is 29.3. The van der Waals surface area contributed by atoms with Crippen molar-refractivity contribution in [3.63, 3.8) is 0 Å². The van der Waals surface area contributed by atoms with Crippen LogP contribution in [0.15, 0.2) is 79.4 Å². The highest BCUT2D eigenvalue weighted by Crippen LogP contribution is 2.26. The molecule has 1 aromatic heterocycles. The highest BCUT2D eigenvalue weighted by molar-refractivity contribution is 6.30. The molecular weight excluding hydrogens is 470 g/mol. The highest BCUT2D eigenvalue weighted by Gasteiger charge is 2.33. The first kappa shape index (κ1) is 24.6. The van der Waals surface area contributed by atoms with Crippen LogP contribution in [0.3, 0.4) is 0 Å². The van der Waals surface area contributed by atoms with Crippen LogP contribution < -0.4 is 5.32 Å². The van der Waals surface area contributed by atoms with Gasteiger partial charge in [-0.3, -0.25) is 0 Å². The Kier molecular flexibility index (Phi) is 7.88. The molecule has 1 heterocycles. The topological polar surface area (TPSA) is 63.0 Å². The van der Waals surface area contributed by atoms with Crippen LogP contribution in [0.4, 0.5) is 8.78 Å². The highest BCUT2D eigenvalue weighted by atomic mass is 35.5. The molecular formula is C27H23ClF2N4O. The number of rotatable bonds is 8. The Morgan fingerprint density at radius 1 is 0.971 bits per heavy atom. The molecule has 0 saturated heterocycles. The first-order chi connectivity index (χ1) is 16.9. The first-order valence-electron chi connectivity index (χ1n) is 11.0. The molecule has 0 radical (unpaired) electrons. The lowest BCUT2D eigenvalue weighted by Gasteiger charge is -2.29. The number of nitrogens with zero attached hydrogens (tertiary/aromatic N) is 3. The zero-order chi connectivity index (χ0) is 24.7. The minimum atomic E-state index is -1.65. The average molecular weight is 493 g/mol. The van der Waals surface area contributed by atoms with Gasteiger partial charge in [-0.15, -0.1) is 0 Å². The number of hydrogen-bond acceptors (Lipinski definition) is 4. The minimum absolute atomic E-state index is 0.00878. The zero-order valence-corrected chi connectivity index (χ0v) is 19.5. The van der Waals surface area contributed by atoms with E-state index in [4.69, 9.17) is 11.6 Å². The molecule has 0 amide bonds. The monoisotopic (exact) mass is 492 g/mol. The van der Waals surface area contributed by atoms with Gasteiger partial charge in [0.1, 0.15) is 29.9 Å². The Morgan fingerprint density at radius 3 is 2.29 bits per heavy atom. The van der Waals surface area contributed by atoms with E-state index in [-0.39, 0.29) is 18.7 Å². The van der Waals surface area contributed by atoms with Crippen LogP contribution in [-0.2, 0) is 18.6 Å². The lowest BCUT2D eigenvalue weighted by Crippen LogP contribution is -2.43. The normalized spacial score (nSPS) is 12.6. The van der Waals surface area contributed by atoms with E-state index in [1.165, 1.54) is 23.4 Å². The molecule has 3 aromatic carbocycles. The predicted molar refractivity (Wildman–Crippen MR) is 131 cm³/mol. The fraction of sp³-hybridized carbons (Fsp3) is 0.185. The Bertz CT molecular complexity index is 1320.